The maximum Gasteiger partial charge on any atom is 0.360 e. The normalized spacial score (nSPS) is 12.2. The van der Waals surface area contributed by atoms with Crippen LogP contribution in [-0.2, 0) is 24.7 Å². The summed E-state index contributed by atoms with van der Waals surface area (Å²) in [6, 6.07) is 51.6. The molecule has 0 saturated carbocycles. The van der Waals surface area contributed by atoms with Gasteiger partial charge < -0.3 is 24.4 Å². The minimum absolute atomic E-state index is 0.0334. The van der Waals surface area contributed by atoms with Crippen molar-refractivity contribution in [3.63, 3.8) is 0 Å². The Balaban J connectivity index is 1.21. The maximum absolute atomic E-state index is 13.8. The van der Waals surface area contributed by atoms with E-state index in [9.17, 15) is 14.7 Å². The first-order valence-electron chi connectivity index (χ1n) is 16.7. The number of hydrogen-bond donors (Lipinski definition) is 2. The Kier molecular flexibility index (Phi) is 10.5. The fourth-order valence-electron chi connectivity index (χ4n) is 6.10. The van der Waals surface area contributed by atoms with Gasteiger partial charge in [0.15, 0.2) is 17.0 Å². The van der Waals surface area contributed by atoms with Crippen LogP contribution in [0.2, 0.25) is 0 Å². The molecule has 7 rings (SSSR count). The molecule has 0 amide bonds. The van der Waals surface area contributed by atoms with E-state index >= 15 is 0 Å². The highest BCUT2D eigenvalue weighted by atomic mass is 32.1. The van der Waals surface area contributed by atoms with Gasteiger partial charge in [-0.2, -0.15) is 0 Å². The molecule has 2 aromatic heterocycles. The number of hydrogen-bond acceptors (Lipinski definition) is 9. The van der Waals surface area contributed by atoms with Crippen molar-refractivity contribution in [2.24, 2.45) is 5.16 Å². The Morgan fingerprint density at radius 2 is 1.19 bits per heavy atom. The number of furan rings is 1. The molecule has 1 atom stereocenters. The number of nitrogens with one attached hydrogen (secondary N) is 1. The topological polar surface area (TPSA) is 123 Å². The molecule has 10 heteroatoms. The molecule has 0 unspecified atom stereocenters. The fourth-order valence-corrected chi connectivity index (χ4v) is 6.85. The molecule has 0 bridgehead atoms. The van der Waals surface area contributed by atoms with Crippen LogP contribution in [0.15, 0.2) is 185 Å². The summed E-state index contributed by atoms with van der Waals surface area (Å²) in [4.78, 5) is 36.9. The molecule has 7 aromatic rings. The average Bonchev–Trinajstić information content (AvgIpc) is 3.92. The number of carbonyl (C=O) groups is 2. The molecule has 2 heterocycles. The van der Waals surface area contributed by atoms with Crippen molar-refractivity contribution in [1.29, 1.82) is 0 Å². The van der Waals surface area contributed by atoms with Gasteiger partial charge in [0.25, 0.3) is 6.10 Å². The first-order valence-corrected chi connectivity index (χ1v) is 17.6. The molecule has 0 radical (unpaired) electrons. The molecule has 2 N–H and O–H groups in total. The van der Waals surface area contributed by atoms with E-state index in [-0.39, 0.29) is 11.5 Å². The van der Waals surface area contributed by atoms with Gasteiger partial charge >= 0.3 is 11.9 Å². The second-order valence-corrected chi connectivity index (χ2v) is 12.8. The van der Waals surface area contributed by atoms with Gasteiger partial charge in [-0.1, -0.05) is 157 Å². The molecule has 0 aliphatic rings. The fraction of sp³-hybridized carbons (Fsp3) is 0.0698. The van der Waals surface area contributed by atoms with Crippen LogP contribution < -0.4 is 5.32 Å². The molecule has 0 aliphatic heterocycles. The zero-order valence-corrected chi connectivity index (χ0v) is 29.0. The molecule has 262 valence electrons. The Bertz CT molecular complexity index is 2130. The lowest BCUT2D eigenvalue weighted by atomic mass is 9.77. The lowest BCUT2D eigenvalue weighted by Gasteiger charge is -2.36. The lowest BCUT2D eigenvalue weighted by Crippen LogP contribution is -2.38. The van der Waals surface area contributed by atoms with Gasteiger partial charge in [-0.15, -0.1) is 11.3 Å². The molecule has 0 fully saturated rings. The van der Waals surface area contributed by atoms with E-state index < -0.39 is 35.4 Å². The Labute approximate surface area is 309 Å². The number of esters is 1. The summed E-state index contributed by atoms with van der Waals surface area (Å²) in [5.74, 6) is -2.15. The Hall–Kier alpha value is -6.78. The van der Waals surface area contributed by atoms with Crippen molar-refractivity contribution in [3.8, 4) is 0 Å². The van der Waals surface area contributed by atoms with Gasteiger partial charge in [-0.05, 0) is 39.9 Å². The molecular formula is C43H33N3O6S. The lowest BCUT2D eigenvalue weighted by molar-refractivity contribution is -0.163. The first kappa shape index (κ1) is 34.7. The number of benzene rings is 5. The molecule has 5 aromatic carbocycles. The minimum Gasteiger partial charge on any atom is -0.476 e. The molecular weight excluding hydrogens is 687 g/mol. The summed E-state index contributed by atoms with van der Waals surface area (Å²) >= 11 is 1.22. The van der Waals surface area contributed by atoms with Crippen LogP contribution in [0, 0.1) is 0 Å². The number of oxime groups is 1. The van der Waals surface area contributed by atoms with E-state index in [1.807, 2.05) is 152 Å². The Morgan fingerprint density at radius 3 is 1.64 bits per heavy atom. The third kappa shape index (κ3) is 7.63. The highest BCUT2D eigenvalue weighted by molar-refractivity contribution is 7.14. The second-order valence-electron chi connectivity index (χ2n) is 11.9. The minimum atomic E-state index is -1.52. The largest absolute Gasteiger partial charge is 0.476 e. The number of thiazole rings is 1. The van der Waals surface area contributed by atoms with Crippen molar-refractivity contribution in [2.45, 2.75) is 17.7 Å². The van der Waals surface area contributed by atoms with Crippen LogP contribution >= 0.6 is 11.3 Å². The highest BCUT2D eigenvalue weighted by Gasteiger charge is 2.38. The van der Waals surface area contributed by atoms with E-state index in [0.29, 0.717) is 5.13 Å². The van der Waals surface area contributed by atoms with Gasteiger partial charge in [0.2, 0.25) is 5.71 Å². The van der Waals surface area contributed by atoms with Crippen LogP contribution in [0.4, 0.5) is 5.13 Å². The summed E-state index contributed by atoms with van der Waals surface area (Å²) in [5.41, 5.74) is 2.96. The number of aliphatic carboxylic acids is 1. The summed E-state index contributed by atoms with van der Waals surface area (Å²) in [5, 5.41) is 20.0. The van der Waals surface area contributed by atoms with Gasteiger partial charge in [0.1, 0.15) is 11.2 Å². The van der Waals surface area contributed by atoms with Gasteiger partial charge in [-0.3, -0.25) is 0 Å². The van der Waals surface area contributed by atoms with Crippen molar-refractivity contribution < 1.29 is 28.7 Å². The number of nitrogens with zero attached hydrogens (tertiary/aromatic N) is 2. The quantitative estimate of drug-likeness (QED) is 0.0494. The molecule has 0 saturated heterocycles. The monoisotopic (exact) mass is 719 g/mol. The zero-order chi connectivity index (χ0) is 36.5. The SMILES string of the molecule is O=C(O)/C(=N\O[C@H](C(=O)OC(c1ccccc1)c1ccccc1)c1ccco1)c1csc(NC(c2ccccc2)(c2ccccc2)c2ccccc2)n1. The molecule has 53 heavy (non-hydrogen) atoms. The molecule has 0 spiro atoms. The third-order valence-electron chi connectivity index (χ3n) is 8.57. The number of ether oxygens (including phenoxy) is 1. The van der Waals surface area contributed by atoms with Crippen molar-refractivity contribution in [3.05, 3.63) is 215 Å². The number of carbonyl (C=O) groups excluding carboxylic acids is 1. The van der Waals surface area contributed by atoms with E-state index in [0.717, 1.165) is 27.8 Å². The molecule has 0 aliphatic carbocycles. The average molecular weight is 720 g/mol. The number of anilines is 1. The van der Waals surface area contributed by atoms with E-state index in [2.05, 4.69) is 15.5 Å². The zero-order valence-electron chi connectivity index (χ0n) is 28.2. The highest BCUT2D eigenvalue weighted by Crippen LogP contribution is 2.40. The Morgan fingerprint density at radius 1 is 0.698 bits per heavy atom. The summed E-state index contributed by atoms with van der Waals surface area (Å²) in [7, 11) is 0. The van der Waals surface area contributed by atoms with Crippen LogP contribution in [0.3, 0.4) is 0 Å². The van der Waals surface area contributed by atoms with E-state index in [4.69, 9.17) is 14.0 Å². The summed E-state index contributed by atoms with van der Waals surface area (Å²) in [6.45, 7) is 0. The smallest absolute Gasteiger partial charge is 0.360 e. The summed E-state index contributed by atoms with van der Waals surface area (Å²) < 4.78 is 11.6. The number of aromatic nitrogens is 1. The molecule has 9 nitrogen and oxygen atoms in total. The number of carboxylic acids is 1. The van der Waals surface area contributed by atoms with Gasteiger partial charge in [0.05, 0.1) is 6.26 Å². The van der Waals surface area contributed by atoms with Crippen molar-refractivity contribution in [1.82, 2.24) is 4.98 Å². The van der Waals surface area contributed by atoms with E-state index in [1.54, 1.807) is 11.4 Å². The van der Waals surface area contributed by atoms with Crippen LogP contribution in [0.25, 0.3) is 0 Å². The first-order chi connectivity index (χ1) is 26.0. The number of rotatable bonds is 14. The van der Waals surface area contributed by atoms with Crippen LogP contribution in [0.5, 0.6) is 0 Å². The van der Waals surface area contributed by atoms with E-state index in [1.165, 1.54) is 23.7 Å². The standard InChI is InChI=1S/C43H33N3O6S/c47-40(48)37(46-52-39(36-27-16-28-50-36)41(49)51-38(30-17-6-1-7-18-30)31-19-8-2-9-20-31)35-29-53-42(44-35)45-43(32-21-10-3-11-22-32,33-23-12-4-13-24-33)34-25-14-5-15-26-34/h1-29,38-39H,(H,44,45)(H,47,48)/b46-37-/t39-/m0/s1. The van der Waals surface area contributed by atoms with Gasteiger partial charge in [0, 0.05) is 5.38 Å². The van der Waals surface area contributed by atoms with Crippen LogP contribution in [0.1, 0.15) is 51.5 Å². The predicted octanol–water partition coefficient (Wildman–Crippen LogP) is 9.02. The maximum atomic E-state index is 13.8. The van der Waals surface area contributed by atoms with Crippen molar-refractivity contribution >= 4 is 34.1 Å². The number of carboxylic acid groups (broad SMARTS) is 1. The van der Waals surface area contributed by atoms with Crippen molar-refractivity contribution in [2.75, 3.05) is 5.32 Å². The summed E-state index contributed by atoms with van der Waals surface area (Å²) in [6.07, 6.45) is -0.920. The predicted molar refractivity (Wildman–Crippen MR) is 202 cm³/mol. The third-order valence-corrected chi connectivity index (χ3v) is 9.33. The van der Waals surface area contributed by atoms with Gasteiger partial charge in [-0.25, -0.2) is 14.6 Å². The van der Waals surface area contributed by atoms with Crippen LogP contribution in [-0.4, -0.2) is 27.7 Å². The second kappa shape index (κ2) is 16.1.